The number of hydrogen-bond donors (Lipinski definition) is 1. The van der Waals surface area contributed by atoms with Crippen LogP contribution in [0.4, 0.5) is 16.2 Å². The second-order valence-electron chi connectivity index (χ2n) is 8.29. The minimum atomic E-state index is -0.129. The van der Waals surface area contributed by atoms with E-state index in [0.717, 1.165) is 22.8 Å². The third-order valence-electron chi connectivity index (χ3n) is 6.02. The number of ether oxygens (including phenoxy) is 2. The molecule has 1 fully saturated rings. The minimum absolute atomic E-state index is 0.0233. The van der Waals surface area contributed by atoms with Crippen LogP contribution in [0.5, 0.6) is 17.2 Å². The number of fused-ring (bicyclic) bond motifs is 2. The number of carbonyl (C=O) groups is 1. The summed E-state index contributed by atoms with van der Waals surface area (Å²) in [7, 11) is 1.64. The molecule has 0 aliphatic carbocycles. The molecule has 0 bridgehead atoms. The van der Waals surface area contributed by atoms with Gasteiger partial charge in [-0.15, -0.1) is 0 Å². The van der Waals surface area contributed by atoms with Gasteiger partial charge in [0, 0.05) is 42.5 Å². The third-order valence-corrected chi connectivity index (χ3v) is 6.28. The van der Waals surface area contributed by atoms with E-state index in [4.69, 9.17) is 26.1 Å². The summed E-state index contributed by atoms with van der Waals surface area (Å²) in [5, 5.41) is 3.59. The number of methoxy groups -OCH3 is 1. The van der Waals surface area contributed by atoms with Crippen molar-refractivity contribution < 1.29 is 14.3 Å². The van der Waals surface area contributed by atoms with Gasteiger partial charge in [0.05, 0.1) is 12.7 Å². The lowest BCUT2D eigenvalue weighted by molar-refractivity contribution is 0.145. The molecule has 2 amide bonds. The van der Waals surface area contributed by atoms with Gasteiger partial charge in [0.25, 0.3) is 0 Å². The molecule has 0 aromatic heterocycles. The van der Waals surface area contributed by atoms with Gasteiger partial charge in [-0.3, -0.25) is 0 Å². The molecule has 0 spiro atoms. The number of aliphatic imine (C=N–C) groups is 1. The molecule has 7 nitrogen and oxygen atoms in total. The molecule has 0 saturated carbocycles. The van der Waals surface area contributed by atoms with E-state index in [1.54, 1.807) is 31.4 Å². The van der Waals surface area contributed by atoms with Crippen LogP contribution in [0.3, 0.4) is 0 Å². The standard InChI is InChI=1S/C26H25ClN4O3/c1-17-16-30(13-14-31(17)26(32)28-19-9-7-18(27)8-10-19)25-21-12-11-20(33-2)15-24(21)34-23-6-4-3-5-22(23)29-25/h3-12,15,17H,13-14,16H2,1-2H3,(H,28,32). The van der Waals surface area contributed by atoms with E-state index in [0.29, 0.717) is 41.8 Å². The monoisotopic (exact) mass is 476 g/mol. The zero-order valence-corrected chi connectivity index (χ0v) is 19.7. The fraction of sp³-hybridized carbons (Fsp3) is 0.231. The highest BCUT2D eigenvalue weighted by molar-refractivity contribution is 6.30. The van der Waals surface area contributed by atoms with Crippen molar-refractivity contribution >= 4 is 34.8 Å². The molecule has 2 heterocycles. The van der Waals surface area contributed by atoms with E-state index < -0.39 is 0 Å². The minimum Gasteiger partial charge on any atom is -0.497 e. The molecule has 8 heteroatoms. The van der Waals surface area contributed by atoms with Gasteiger partial charge in [-0.05, 0) is 55.5 Å². The van der Waals surface area contributed by atoms with E-state index in [1.165, 1.54) is 0 Å². The number of amidine groups is 1. The SMILES string of the molecule is COc1ccc2c(c1)Oc1ccccc1N=C2N1CCN(C(=O)Nc2ccc(Cl)cc2)C(C)C1. The summed E-state index contributed by atoms with van der Waals surface area (Å²) in [4.78, 5) is 22.0. The van der Waals surface area contributed by atoms with Gasteiger partial charge >= 0.3 is 6.03 Å². The Bertz CT molecular complexity index is 1250. The maximum atomic E-state index is 12.9. The first kappa shape index (κ1) is 22.1. The summed E-state index contributed by atoms with van der Waals surface area (Å²) in [6.07, 6.45) is 0. The number of nitrogens with zero attached hydrogens (tertiary/aromatic N) is 3. The number of benzene rings is 3. The Hall–Kier alpha value is -3.71. The molecule has 5 rings (SSSR count). The number of nitrogens with one attached hydrogen (secondary N) is 1. The Labute approximate surface area is 203 Å². The van der Waals surface area contributed by atoms with Gasteiger partial charge in [0.1, 0.15) is 23.0 Å². The van der Waals surface area contributed by atoms with Gasteiger partial charge < -0.3 is 24.6 Å². The second-order valence-corrected chi connectivity index (χ2v) is 8.73. The van der Waals surface area contributed by atoms with E-state index in [9.17, 15) is 4.79 Å². The Morgan fingerprint density at radius 1 is 1.09 bits per heavy atom. The van der Waals surface area contributed by atoms with Crippen LogP contribution < -0.4 is 14.8 Å². The van der Waals surface area contributed by atoms with Gasteiger partial charge in [-0.2, -0.15) is 0 Å². The quantitative estimate of drug-likeness (QED) is 0.509. The summed E-state index contributed by atoms with van der Waals surface area (Å²) in [6, 6.07) is 20.5. The lowest BCUT2D eigenvalue weighted by Gasteiger charge is -2.41. The Kier molecular flexibility index (Phi) is 6.02. The Morgan fingerprint density at radius 2 is 1.88 bits per heavy atom. The van der Waals surface area contributed by atoms with Crippen molar-refractivity contribution in [2.75, 3.05) is 32.1 Å². The van der Waals surface area contributed by atoms with Crippen LogP contribution in [0, 0.1) is 0 Å². The predicted molar refractivity (Wildman–Crippen MR) is 134 cm³/mol. The van der Waals surface area contributed by atoms with E-state index in [1.807, 2.05) is 54.3 Å². The zero-order chi connectivity index (χ0) is 23.7. The van der Waals surface area contributed by atoms with Crippen molar-refractivity contribution in [2.24, 2.45) is 4.99 Å². The highest BCUT2D eigenvalue weighted by atomic mass is 35.5. The molecular formula is C26H25ClN4O3. The van der Waals surface area contributed by atoms with Gasteiger partial charge in [0.2, 0.25) is 0 Å². The van der Waals surface area contributed by atoms with Crippen LogP contribution in [-0.2, 0) is 0 Å². The third kappa shape index (κ3) is 4.39. The number of anilines is 1. The normalized spacial score (nSPS) is 17.0. The highest BCUT2D eigenvalue weighted by Gasteiger charge is 2.31. The maximum absolute atomic E-state index is 12.9. The van der Waals surface area contributed by atoms with Crippen LogP contribution >= 0.6 is 11.6 Å². The topological polar surface area (TPSA) is 66.4 Å². The summed E-state index contributed by atoms with van der Waals surface area (Å²) in [5.41, 5.74) is 2.38. The van der Waals surface area contributed by atoms with Crippen LogP contribution in [0.15, 0.2) is 71.7 Å². The molecule has 174 valence electrons. The summed E-state index contributed by atoms with van der Waals surface area (Å²) in [5.74, 6) is 2.93. The fourth-order valence-electron chi connectivity index (χ4n) is 4.25. The van der Waals surface area contributed by atoms with E-state index >= 15 is 0 Å². The van der Waals surface area contributed by atoms with Crippen molar-refractivity contribution in [3.63, 3.8) is 0 Å². The molecule has 0 radical (unpaired) electrons. The summed E-state index contributed by atoms with van der Waals surface area (Å²) in [6.45, 7) is 3.89. The highest BCUT2D eigenvalue weighted by Crippen LogP contribution is 2.39. The van der Waals surface area contributed by atoms with Crippen molar-refractivity contribution in [1.29, 1.82) is 0 Å². The molecule has 1 atom stereocenters. The first-order chi connectivity index (χ1) is 16.5. The lowest BCUT2D eigenvalue weighted by atomic mass is 10.1. The average molecular weight is 477 g/mol. The van der Waals surface area contributed by atoms with E-state index in [-0.39, 0.29) is 12.1 Å². The van der Waals surface area contributed by atoms with Crippen molar-refractivity contribution in [3.8, 4) is 17.2 Å². The predicted octanol–water partition coefficient (Wildman–Crippen LogP) is 5.77. The van der Waals surface area contributed by atoms with Crippen LogP contribution in [-0.4, -0.2) is 54.5 Å². The van der Waals surface area contributed by atoms with Crippen LogP contribution in [0.25, 0.3) is 0 Å². The molecular weight excluding hydrogens is 452 g/mol. The molecule has 2 aliphatic rings. The van der Waals surface area contributed by atoms with Crippen LogP contribution in [0.2, 0.25) is 5.02 Å². The maximum Gasteiger partial charge on any atom is 0.322 e. The Balaban J connectivity index is 1.39. The molecule has 1 unspecified atom stereocenters. The van der Waals surface area contributed by atoms with Crippen molar-refractivity contribution in [1.82, 2.24) is 9.80 Å². The summed E-state index contributed by atoms with van der Waals surface area (Å²) < 4.78 is 11.6. The van der Waals surface area contributed by atoms with Gasteiger partial charge in [0.15, 0.2) is 5.75 Å². The van der Waals surface area contributed by atoms with Gasteiger partial charge in [-0.1, -0.05) is 23.7 Å². The average Bonchev–Trinajstić information content (AvgIpc) is 3.01. The largest absolute Gasteiger partial charge is 0.497 e. The first-order valence-electron chi connectivity index (χ1n) is 11.1. The number of rotatable bonds is 2. The molecule has 2 aliphatic heterocycles. The number of piperazine rings is 1. The molecule has 3 aromatic carbocycles. The Morgan fingerprint density at radius 3 is 2.65 bits per heavy atom. The molecule has 1 N–H and O–H groups in total. The lowest BCUT2D eigenvalue weighted by Crippen LogP contribution is -2.56. The van der Waals surface area contributed by atoms with Crippen molar-refractivity contribution in [2.45, 2.75) is 13.0 Å². The summed E-state index contributed by atoms with van der Waals surface area (Å²) >= 11 is 5.95. The number of hydrogen-bond acceptors (Lipinski definition) is 5. The fourth-order valence-corrected chi connectivity index (χ4v) is 4.37. The number of carbonyl (C=O) groups excluding carboxylic acids is 1. The van der Waals surface area contributed by atoms with Crippen molar-refractivity contribution in [3.05, 3.63) is 77.3 Å². The number of amides is 2. The smallest absolute Gasteiger partial charge is 0.322 e. The van der Waals surface area contributed by atoms with Gasteiger partial charge in [-0.25, -0.2) is 9.79 Å². The number of halogens is 1. The van der Waals surface area contributed by atoms with E-state index in [2.05, 4.69) is 10.2 Å². The molecule has 34 heavy (non-hydrogen) atoms. The second kappa shape index (κ2) is 9.27. The van der Waals surface area contributed by atoms with Crippen LogP contribution in [0.1, 0.15) is 12.5 Å². The molecule has 3 aromatic rings. The zero-order valence-electron chi connectivity index (χ0n) is 19.0. The number of urea groups is 1. The number of para-hydroxylation sites is 2. The first-order valence-corrected chi connectivity index (χ1v) is 11.5. The molecule has 1 saturated heterocycles.